The molecule has 3 atom stereocenters. The van der Waals surface area contributed by atoms with Gasteiger partial charge in [0.2, 0.25) is 0 Å². The zero-order valence-electron chi connectivity index (χ0n) is 9.55. The first-order valence-corrected chi connectivity index (χ1v) is 5.60. The highest BCUT2D eigenvalue weighted by atomic mass is 16.5. The van der Waals surface area contributed by atoms with Gasteiger partial charge in [0.1, 0.15) is 0 Å². The first-order chi connectivity index (χ1) is 6.59. The van der Waals surface area contributed by atoms with E-state index < -0.39 is 0 Å². The largest absolute Gasteiger partial charge is 0.395 e. The van der Waals surface area contributed by atoms with Crippen LogP contribution in [0.5, 0.6) is 0 Å². The molecule has 0 saturated carbocycles. The van der Waals surface area contributed by atoms with Gasteiger partial charge in [-0.05, 0) is 33.1 Å². The van der Waals surface area contributed by atoms with E-state index in [2.05, 4.69) is 19.2 Å². The third-order valence-electron chi connectivity index (χ3n) is 3.14. The fraction of sp³-hybridized carbons (Fsp3) is 1.00. The Bertz CT molecular complexity index is 175. The third kappa shape index (κ3) is 3.23. The molecular formula is C11H23NO2. The Hall–Kier alpha value is -0.120. The summed E-state index contributed by atoms with van der Waals surface area (Å²) in [6.07, 6.45) is 3.16. The van der Waals surface area contributed by atoms with Gasteiger partial charge in [-0.3, -0.25) is 0 Å². The predicted molar refractivity (Wildman–Crippen MR) is 57.4 cm³/mol. The number of hydrogen-bond acceptors (Lipinski definition) is 3. The van der Waals surface area contributed by atoms with Crippen LogP contribution in [0, 0.1) is 0 Å². The zero-order valence-corrected chi connectivity index (χ0v) is 9.55. The lowest BCUT2D eigenvalue weighted by Crippen LogP contribution is -2.48. The maximum Gasteiger partial charge on any atom is 0.0666 e. The molecule has 1 aliphatic rings. The van der Waals surface area contributed by atoms with Gasteiger partial charge in [0, 0.05) is 18.7 Å². The van der Waals surface area contributed by atoms with Gasteiger partial charge >= 0.3 is 0 Å². The molecule has 3 heteroatoms. The predicted octanol–water partition coefficient (Wildman–Crippen LogP) is 1.30. The number of aliphatic hydroxyl groups excluding tert-OH is 1. The summed E-state index contributed by atoms with van der Waals surface area (Å²) in [7, 11) is 0. The summed E-state index contributed by atoms with van der Waals surface area (Å²) < 4.78 is 5.76. The summed E-state index contributed by atoms with van der Waals surface area (Å²) in [5.74, 6) is 0. The van der Waals surface area contributed by atoms with Crippen LogP contribution in [-0.2, 0) is 4.74 Å². The van der Waals surface area contributed by atoms with Crippen LogP contribution < -0.4 is 5.32 Å². The van der Waals surface area contributed by atoms with Crippen molar-refractivity contribution < 1.29 is 9.84 Å². The first kappa shape index (κ1) is 12.0. The Morgan fingerprint density at radius 3 is 2.93 bits per heavy atom. The Labute approximate surface area is 86.8 Å². The fourth-order valence-corrected chi connectivity index (χ4v) is 1.97. The van der Waals surface area contributed by atoms with Crippen molar-refractivity contribution >= 4 is 0 Å². The molecule has 0 spiro atoms. The number of aliphatic hydroxyl groups is 1. The number of rotatable bonds is 4. The van der Waals surface area contributed by atoms with Gasteiger partial charge in [-0.2, -0.15) is 0 Å². The minimum Gasteiger partial charge on any atom is -0.395 e. The van der Waals surface area contributed by atoms with E-state index in [1.807, 2.05) is 6.92 Å². The summed E-state index contributed by atoms with van der Waals surface area (Å²) >= 11 is 0. The molecule has 1 rings (SSSR count). The lowest BCUT2D eigenvalue weighted by Gasteiger charge is -2.39. The van der Waals surface area contributed by atoms with E-state index >= 15 is 0 Å². The highest BCUT2D eigenvalue weighted by Crippen LogP contribution is 2.27. The minimum absolute atomic E-state index is 0.0328. The molecule has 0 aliphatic carbocycles. The molecule has 14 heavy (non-hydrogen) atoms. The third-order valence-corrected chi connectivity index (χ3v) is 3.14. The Kier molecular flexibility index (Phi) is 4.35. The van der Waals surface area contributed by atoms with E-state index in [9.17, 15) is 0 Å². The normalized spacial score (nSPS) is 35.6. The van der Waals surface area contributed by atoms with E-state index in [0.717, 1.165) is 25.9 Å². The molecule has 0 aromatic carbocycles. The SMILES string of the molecule is CCC1(C)CC(N[C@H](C)CO)CCO1. The van der Waals surface area contributed by atoms with Gasteiger partial charge in [0.05, 0.1) is 12.2 Å². The Morgan fingerprint density at radius 1 is 1.64 bits per heavy atom. The lowest BCUT2D eigenvalue weighted by atomic mass is 9.89. The van der Waals surface area contributed by atoms with Gasteiger partial charge in [-0.15, -0.1) is 0 Å². The summed E-state index contributed by atoms with van der Waals surface area (Å²) in [5, 5.41) is 12.4. The Morgan fingerprint density at radius 2 is 2.36 bits per heavy atom. The molecule has 3 nitrogen and oxygen atoms in total. The lowest BCUT2D eigenvalue weighted by molar-refractivity contribution is -0.0794. The molecule has 1 saturated heterocycles. The fourth-order valence-electron chi connectivity index (χ4n) is 1.97. The molecule has 0 aromatic heterocycles. The van der Waals surface area contributed by atoms with Gasteiger partial charge in [0.15, 0.2) is 0 Å². The molecule has 1 fully saturated rings. The van der Waals surface area contributed by atoms with Crippen LogP contribution in [0.25, 0.3) is 0 Å². The smallest absolute Gasteiger partial charge is 0.0666 e. The zero-order chi connectivity index (χ0) is 10.6. The van der Waals surface area contributed by atoms with Crippen molar-refractivity contribution in [2.45, 2.75) is 57.7 Å². The van der Waals surface area contributed by atoms with E-state index in [-0.39, 0.29) is 18.2 Å². The second kappa shape index (κ2) is 5.10. The average molecular weight is 201 g/mol. The highest BCUT2D eigenvalue weighted by molar-refractivity contribution is 4.86. The van der Waals surface area contributed by atoms with E-state index in [0.29, 0.717) is 6.04 Å². The van der Waals surface area contributed by atoms with Crippen LogP contribution in [0.1, 0.15) is 40.0 Å². The minimum atomic E-state index is 0.0328. The average Bonchev–Trinajstić information content (AvgIpc) is 2.18. The molecule has 0 aromatic rings. The molecule has 2 unspecified atom stereocenters. The van der Waals surface area contributed by atoms with E-state index in [4.69, 9.17) is 9.84 Å². The van der Waals surface area contributed by atoms with Crippen molar-refractivity contribution in [3.05, 3.63) is 0 Å². The van der Waals surface area contributed by atoms with E-state index in [1.54, 1.807) is 0 Å². The van der Waals surface area contributed by atoms with Crippen molar-refractivity contribution in [2.24, 2.45) is 0 Å². The maximum absolute atomic E-state index is 8.96. The maximum atomic E-state index is 8.96. The van der Waals surface area contributed by atoms with Crippen LogP contribution in [-0.4, -0.2) is 36.0 Å². The number of ether oxygens (including phenoxy) is 1. The van der Waals surface area contributed by atoms with Crippen molar-refractivity contribution in [3.63, 3.8) is 0 Å². The standard InChI is InChI=1S/C11H23NO2/c1-4-11(3)7-10(5-6-14-11)12-9(2)8-13/h9-10,12-13H,4-8H2,1-3H3/t9-,10?,11?/m1/s1. The Balaban J connectivity index is 2.40. The monoisotopic (exact) mass is 201 g/mol. The quantitative estimate of drug-likeness (QED) is 0.720. The highest BCUT2D eigenvalue weighted by Gasteiger charge is 2.31. The summed E-state index contributed by atoms with van der Waals surface area (Å²) in [6.45, 7) is 7.39. The molecule has 0 bridgehead atoms. The van der Waals surface area contributed by atoms with Gasteiger partial charge in [-0.1, -0.05) is 6.92 Å². The van der Waals surface area contributed by atoms with Crippen LogP contribution in [0.15, 0.2) is 0 Å². The molecule has 1 aliphatic heterocycles. The van der Waals surface area contributed by atoms with Crippen molar-refractivity contribution in [1.29, 1.82) is 0 Å². The van der Waals surface area contributed by atoms with Gasteiger partial charge in [0.25, 0.3) is 0 Å². The summed E-state index contributed by atoms with van der Waals surface area (Å²) in [4.78, 5) is 0. The van der Waals surface area contributed by atoms with Crippen molar-refractivity contribution in [2.75, 3.05) is 13.2 Å². The first-order valence-electron chi connectivity index (χ1n) is 5.60. The van der Waals surface area contributed by atoms with Crippen LogP contribution in [0.2, 0.25) is 0 Å². The molecular weight excluding hydrogens is 178 g/mol. The number of hydrogen-bond donors (Lipinski definition) is 2. The second-order valence-electron chi connectivity index (χ2n) is 4.59. The molecule has 84 valence electrons. The molecule has 0 amide bonds. The van der Waals surface area contributed by atoms with Gasteiger partial charge in [-0.25, -0.2) is 0 Å². The summed E-state index contributed by atoms with van der Waals surface area (Å²) in [6, 6.07) is 0.690. The molecule has 1 heterocycles. The van der Waals surface area contributed by atoms with Crippen LogP contribution in [0.3, 0.4) is 0 Å². The van der Waals surface area contributed by atoms with Gasteiger partial charge < -0.3 is 15.2 Å². The van der Waals surface area contributed by atoms with Crippen LogP contribution >= 0.6 is 0 Å². The second-order valence-corrected chi connectivity index (χ2v) is 4.59. The number of nitrogens with one attached hydrogen (secondary N) is 1. The molecule has 0 radical (unpaired) electrons. The van der Waals surface area contributed by atoms with E-state index in [1.165, 1.54) is 0 Å². The van der Waals surface area contributed by atoms with Crippen molar-refractivity contribution in [1.82, 2.24) is 5.32 Å². The molecule has 2 N–H and O–H groups in total. The van der Waals surface area contributed by atoms with Crippen LogP contribution in [0.4, 0.5) is 0 Å². The van der Waals surface area contributed by atoms with Crippen molar-refractivity contribution in [3.8, 4) is 0 Å². The topological polar surface area (TPSA) is 41.5 Å². The summed E-state index contributed by atoms with van der Waals surface area (Å²) in [5.41, 5.74) is 0.0328.